The van der Waals surface area contributed by atoms with E-state index in [0.29, 0.717) is 10.6 Å². The number of anilines is 2. The number of hydrogen-bond acceptors (Lipinski definition) is 5. The Hall–Kier alpha value is -2.30. The summed E-state index contributed by atoms with van der Waals surface area (Å²) >= 11 is 2.92. The van der Waals surface area contributed by atoms with Gasteiger partial charge in [-0.2, -0.15) is 5.26 Å². The third-order valence-electron chi connectivity index (χ3n) is 5.04. The minimum atomic E-state index is -0.519. The van der Waals surface area contributed by atoms with Crippen LogP contribution in [-0.2, 0) is 22.4 Å². The molecule has 2 aliphatic rings. The Morgan fingerprint density at radius 1 is 1.33 bits per heavy atom. The molecule has 2 atom stereocenters. The second kappa shape index (κ2) is 7.37. The summed E-state index contributed by atoms with van der Waals surface area (Å²) in [6.45, 7) is 1.76. The van der Waals surface area contributed by atoms with E-state index in [9.17, 15) is 14.9 Å². The predicted molar refractivity (Wildman–Crippen MR) is 108 cm³/mol. The third kappa shape index (κ3) is 3.35. The Morgan fingerprint density at radius 3 is 2.93 bits per heavy atom. The van der Waals surface area contributed by atoms with Gasteiger partial charge in [0.25, 0.3) is 0 Å². The van der Waals surface area contributed by atoms with E-state index in [4.69, 9.17) is 0 Å². The molecule has 138 valence electrons. The highest BCUT2D eigenvalue weighted by Crippen LogP contribution is 2.40. The molecule has 0 fully saturated rings. The van der Waals surface area contributed by atoms with Gasteiger partial charge in [-0.25, -0.2) is 0 Å². The summed E-state index contributed by atoms with van der Waals surface area (Å²) < 4.78 is 0. The van der Waals surface area contributed by atoms with Crippen LogP contribution in [0.4, 0.5) is 10.7 Å². The molecular formula is C20H19N3O2S2. The van der Waals surface area contributed by atoms with Crippen molar-refractivity contribution in [3.63, 3.8) is 0 Å². The molecule has 2 heterocycles. The van der Waals surface area contributed by atoms with Crippen LogP contribution in [0.5, 0.6) is 0 Å². The molecule has 1 aliphatic carbocycles. The molecule has 2 N–H and O–H groups in total. The molecule has 7 heteroatoms. The number of nitriles is 1. The number of aryl methyl sites for hydroxylation is 1. The summed E-state index contributed by atoms with van der Waals surface area (Å²) in [6, 6.07) is 9.85. The van der Waals surface area contributed by atoms with E-state index in [1.54, 1.807) is 6.92 Å². The number of benzene rings is 1. The molecule has 0 radical (unpaired) electrons. The van der Waals surface area contributed by atoms with Gasteiger partial charge in [0.2, 0.25) is 11.8 Å². The van der Waals surface area contributed by atoms with E-state index < -0.39 is 11.2 Å². The fraction of sp³-hybridized carbons (Fsp3) is 0.350. The summed E-state index contributed by atoms with van der Waals surface area (Å²) in [4.78, 5) is 27.5. The zero-order valence-electron chi connectivity index (χ0n) is 14.9. The monoisotopic (exact) mass is 397 g/mol. The Labute approximate surface area is 166 Å². The number of thioether (sulfide) groups is 1. The number of hydrogen-bond donors (Lipinski definition) is 2. The van der Waals surface area contributed by atoms with E-state index in [-0.39, 0.29) is 11.8 Å². The van der Waals surface area contributed by atoms with Crippen LogP contribution < -0.4 is 10.6 Å². The van der Waals surface area contributed by atoms with Crippen LogP contribution in [0.25, 0.3) is 0 Å². The highest BCUT2D eigenvalue weighted by molar-refractivity contribution is 8.01. The molecule has 0 saturated heterocycles. The molecule has 2 unspecified atom stereocenters. The summed E-state index contributed by atoms with van der Waals surface area (Å²) in [5.41, 5.74) is 2.48. The Morgan fingerprint density at radius 2 is 2.11 bits per heavy atom. The van der Waals surface area contributed by atoms with Gasteiger partial charge in [-0.05, 0) is 43.4 Å². The average molecular weight is 398 g/mol. The molecule has 27 heavy (non-hydrogen) atoms. The first-order valence-electron chi connectivity index (χ1n) is 9.00. The number of carbonyl (C=O) groups excluding carboxylic acids is 2. The van der Waals surface area contributed by atoms with E-state index in [1.807, 2.05) is 24.3 Å². The number of nitrogens with zero attached hydrogens (tertiary/aromatic N) is 1. The molecule has 2 amide bonds. The summed E-state index contributed by atoms with van der Waals surface area (Å²) in [7, 11) is 0. The van der Waals surface area contributed by atoms with E-state index >= 15 is 0 Å². The normalized spacial score (nSPS) is 19.3. The van der Waals surface area contributed by atoms with Gasteiger partial charge in [-0.1, -0.05) is 19.1 Å². The standard InChI is InChI=1S/C20H19N3O2S2/c1-11(17-19(25)22-14-7-3-5-9-16(14)26-17)18(24)23-20-13(10-21)12-6-2-4-8-15(12)27-20/h3,5,7,9,11,17H,2,4,6,8H2,1H3,(H,22,25)(H,23,24). The quantitative estimate of drug-likeness (QED) is 0.814. The molecular weight excluding hydrogens is 378 g/mol. The Kier molecular flexibility index (Phi) is 4.94. The van der Waals surface area contributed by atoms with Gasteiger partial charge in [0.1, 0.15) is 11.1 Å². The van der Waals surface area contributed by atoms with Crippen LogP contribution in [0.1, 0.15) is 35.8 Å². The van der Waals surface area contributed by atoms with Gasteiger partial charge in [-0.15, -0.1) is 23.1 Å². The minimum Gasteiger partial charge on any atom is -0.324 e. The van der Waals surface area contributed by atoms with Gasteiger partial charge in [-0.3, -0.25) is 9.59 Å². The maximum absolute atomic E-state index is 12.8. The van der Waals surface area contributed by atoms with Crippen LogP contribution in [0, 0.1) is 17.2 Å². The number of amides is 2. The van der Waals surface area contributed by atoms with Crippen molar-refractivity contribution >= 4 is 45.6 Å². The fourth-order valence-corrected chi connectivity index (χ4v) is 5.94. The Balaban J connectivity index is 1.53. The van der Waals surface area contributed by atoms with Crippen molar-refractivity contribution in [2.24, 2.45) is 5.92 Å². The van der Waals surface area contributed by atoms with E-state index in [2.05, 4.69) is 16.7 Å². The van der Waals surface area contributed by atoms with Crippen molar-refractivity contribution in [2.75, 3.05) is 10.6 Å². The van der Waals surface area contributed by atoms with Gasteiger partial charge in [0.05, 0.1) is 22.4 Å². The number of nitrogens with one attached hydrogen (secondary N) is 2. The second-order valence-corrected chi connectivity index (χ2v) is 9.12. The van der Waals surface area contributed by atoms with Gasteiger partial charge < -0.3 is 10.6 Å². The second-order valence-electron chi connectivity index (χ2n) is 6.83. The predicted octanol–water partition coefficient (Wildman–Crippen LogP) is 4.19. The third-order valence-corrected chi connectivity index (χ3v) is 7.74. The molecule has 1 aliphatic heterocycles. The summed E-state index contributed by atoms with van der Waals surface area (Å²) in [5.74, 6) is -0.904. The number of carbonyl (C=O) groups is 2. The van der Waals surface area contributed by atoms with Crippen LogP contribution in [0.2, 0.25) is 0 Å². The van der Waals surface area contributed by atoms with Crippen LogP contribution in [-0.4, -0.2) is 17.1 Å². The minimum absolute atomic E-state index is 0.160. The molecule has 0 bridgehead atoms. The van der Waals surface area contributed by atoms with Crippen molar-refractivity contribution in [2.45, 2.75) is 42.8 Å². The first-order chi connectivity index (χ1) is 13.1. The molecule has 0 spiro atoms. The zero-order valence-corrected chi connectivity index (χ0v) is 16.5. The Bertz CT molecular complexity index is 961. The summed E-state index contributed by atoms with van der Waals surface area (Å²) in [5, 5.41) is 15.5. The molecule has 1 aromatic carbocycles. The van der Waals surface area contributed by atoms with Gasteiger partial charge >= 0.3 is 0 Å². The lowest BCUT2D eigenvalue weighted by molar-refractivity contribution is -0.123. The van der Waals surface area contributed by atoms with Crippen LogP contribution in [0.3, 0.4) is 0 Å². The number of thiophene rings is 1. The van der Waals surface area contributed by atoms with Gasteiger partial charge in [0, 0.05) is 9.77 Å². The summed E-state index contributed by atoms with van der Waals surface area (Å²) in [6.07, 6.45) is 4.08. The van der Waals surface area contributed by atoms with Crippen LogP contribution in [0.15, 0.2) is 29.2 Å². The molecule has 4 rings (SSSR count). The first kappa shape index (κ1) is 18.1. The highest BCUT2D eigenvalue weighted by Gasteiger charge is 2.35. The average Bonchev–Trinajstić information content (AvgIpc) is 3.03. The molecule has 1 aromatic heterocycles. The lowest BCUT2D eigenvalue weighted by Gasteiger charge is -2.27. The lowest BCUT2D eigenvalue weighted by atomic mass is 9.96. The van der Waals surface area contributed by atoms with Crippen LogP contribution >= 0.6 is 23.1 Å². The maximum atomic E-state index is 12.8. The fourth-order valence-electron chi connectivity index (χ4n) is 3.53. The van der Waals surface area contributed by atoms with Crippen molar-refractivity contribution < 1.29 is 9.59 Å². The SMILES string of the molecule is CC(C(=O)Nc1sc2c(c1C#N)CCCC2)C1Sc2ccccc2NC1=O. The van der Waals surface area contributed by atoms with E-state index in [1.165, 1.54) is 28.0 Å². The lowest BCUT2D eigenvalue weighted by Crippen LogP contribution is -2.39. The number of para-hydroxylation sites is 1. The van der Waals surface area contributed by atoms with Crippen molar-refractivity contribution in [1.82, 2.24) is 0 Å². The maximum Gasteiger partial charge on any atom is 0.238 e. The van der Waals surface area contributed by atoms with E-state index in [0.717, 1.165) is 41.8 Å². The van der Waals surface area contributed by atoms with Crippen molar-refractivity contribution in [3.8, 4) is 6.07 Å². The number of fused-ring (bicyclic) bond motifs is 2. The van der Waals surface area contributed by atoms with Crippen molar-refractivity contribution in [1.29, 1.82) is 5.26 Å². The largest absolute Gasteiger partial charge is 0.324 e. The molecule has 0 saturated carbocycles. The highest BCUT2D eigenvalue weighted by atomic mass is 32.2. The molecule has 2 aromatic rings. The number of rotatable bonds is 3. The zero-order chi connectivity index (χ0) is 19.0. The topological polar surface area (TPSA) is 82.0 Å². The smallest absolute Gasteiger partial charge is 0.238 e. The molecule has 5 nitrogen and oxygen atoms in total. The first-order valence-corrected chi connectivity index (χ1v) is 10.7. The van der Waals surface area contributed by atoms with Gasteiger partial charge in [0.15, 0.2) is 0 Å². The van der Waals surface area contributed by atoms with Crippen molar-refractivity contribution in [3.05, 3.63) is 40.3 Å².